The van der Waals surface area contributed by atoms with Crippen molar-refractivity contribution in [1.82, 2.24) is 0 Å². The molecule has 0 bridgehead atoms. The molecule has 4 rings (SSSR count). The first-order chi connectivity index (χ1) is 13.3. The maximum absolute atomic E-state index is 3.81. The minimum Gasteiger partial charge on any atom is -0.355 e. The molecule has 1 heteroatoms. The second kappa shape index (κ2) is 7.76. The van der Waals surface area contributed by atoms with Gasteiger partial charge < -0.3 is 5.32 Å². The summed E-state index contributed by atoms with van der Waals surface area (Å²) in [5.41, 5.74) is 8.06. The van der Waals surface area contributed by atoms with Gasteiger partial charge in [0.1, 0.15) is 0 Å². The van der Waals surface area contributed by atoms with E-state index in [1.807, 2.05) is 18.2 Å². The monoisotopic (exact) mass is 347 g/mol. The van der Waals surface area contributed by atoms with Crippen LogP contribution in [-0.4, -0.2) is 0 Å². The Kier molecular flexibility index (Phi) is 4.84. The molecule has 27 heavy (non-hydrogen) atoms. The van der Waals surface area contributed by atoms with Crippen LogP contribution in [-0.2, 0) is 0 Å². The van der Waals surface area contributed by atoms with E-state index in [2.05, 4.69) is 103 Å². The van der Waals surface area contributed by atoms with Crippen LogP contribution >= 0.6 is 0 Å². The zero-order chi connectivity index (χ0) is 18.5. The molecule has 0 aliphatic rings. The maximum atomic E-state index is 3.81. The van der Waals surface area contributed by atoms with Crippen LogP contribution in [0, 0.1) is 0 Å². The third-order valence-corrected chi connectivity index (χ3v) is 4.58. The molecule has 0 spiro atoms. The van der Waals surface area contributed by atoms with E-state index in [-0.39, 0.29) is 0 Å². The summed E-state index contributed by atoms with van der Waals surface area (Å²) in [6, 6.07) is 35.9. The molecule has 0 radical (unpaired) electrons. The van der Waals surface area contributed by atoms with Crippen molar-refractivity contribution in [3.63, 3.8) is 0 Å². The molecule has 1 N–H and O–H groups in total. The van der Waals surface area contributed by atoms with E-state index >= 15 is 0 Å². The molecule has 0 fully saturated rings. The molecular weight excluding hydrogens is 326 g/mol. The molecule has 1 nitrogen and oxygen atoms in total. The average Bonchev–Trinajstić information content (AvgIpc) is 2.75. The molecule has 0 heterocycles. The van der Waals surface area contributed by atoms with Gasteiger partial charge in [-0.25, -0.2) is 0 Å². The molecule has 0 aliphatic heterocycles. The fourth-order valence-electron chi connectivity index (χ4n) is 3.16. The fraction of sp³-hybridized carbons (Fsp3) is 0. The lowest BCUT2D eigenvalue weighted by Gasteiger charge is -2.13. The molecule has 0 saturated carbocycles. The zero-order valence-electron chi connectivity index (χ0n) is 15.1. The zero-order valence-corrected chi connectivity index (χ0v) is 15.1. The average molecular weight is 347 g/mol. The summed E-state index contributed by atoms with van der Waals surface area (Å²) >= 11 is 0. The predicted molar refractivity (Wildman–Crippen MR) is 117 cm³/mol. The van der Waals surface area contributed by atoms with E-state index in [1.54, 1.807) is 0 Å². The maximum Gasteiger partial charge on any atom is 0.0396 e. The molecule has 130 valence electrons. The standard InChI is InChI=1S/C26H21N/c1-2-20-13-15-25(16-14-20)27-26-18-23(21-9-5-3-6-10-21)17-24(19-26)22-11-7-4-8-12-22/h2-19,27H,1H2. The van der Waals surface area contributed by atoms with Crippen LogP contribution < -0.4 is 5.32 Å². The Morgan fingerprint density at radius 3 is 1.52 bits per heavy atom. The third kappa shape index (κ3) is 3.99. The number of hydrogen-bond donors (Lipinski definition) is 1. The highest BCUT2D eigenvalue weighted by Gasteiger charge is 2.06. The highest BCUT2D eigenvalue weighted by molar-refractivity contribution is 5.79. The Bertz CT molecular complexity index is 975. The van der Waals surface area contributed by atoms with Crippen LogP contribution in [0.25, 0.3) is 28.3 Å². The molecule has 0 aliphatic carbocycles. The predicted octanol–water partition coefficient (Wildman–Crippen LogP) is 7.41. The number of rotatable bonds is 5. The summed E-state index contributed by atoms with van der Waals surface area (Å²) in [6.45, 7) is 3.81. The van der Waals surface area contributed by atoms with Crippen molar-refractivity contribution in [2.45, 2.75) is 0 Å². The van der Waals surface area contributed by atoms with Crippen molar-refractivity contribution in [3.05, 3.63) is 115 Å². The Morgan fingerprint density at radius 1 is 0.519 bits per heavy atom. The van der Waals surface area contributed by atoms with Gasteiger partial charge in [-0.1, -0.05) is 85.5 Å². The van der Waals surface area contributed by atoms with Gasteiger partial charge in [0.05, 0.1) is 0 Å². The summed E-state index contributed by atoms with van der Waals surface area (Å²) in [4.78, 5) is 0. The first-order valence-corrected chi connectivity index (χ1v) is 9.07. The van der Waals surface area contributed by atoms with Crippen LogP contribution in [0.15, 0.2) is 110 Å². The summed E-state index contributed by atoms with van der Waals surface area (Å²) in [7, 11) is 0. The molecule has 4 aromatic rings. The summed E-state index contributed by atoms with van der Waals surface area (Å²) in [5.74, 6) is 0. The van der Waals surface area contributed by atoms with Crippen LogP contribution in [0.3, 0.4) is 0 Å². The highest BCUT2D eigenvalue weighted by atomic mass is 14.9. The van der Waals surface area contributed by atoms with E-state index in [0.29, 0.717) is 0 Å². The van der Waals surface area contributed by atoms with Gasteiger partial charge in [-0.2, -0.15) is 0 Å². The van der Waals surface area contributed by atoms with Crippen LogP contribution in [0.5, 0.6) is 0 Å². The van der Waals surface area contributed by atoms with Gasteiger partial charge in [0, 0.05) is 11.4 Å². The quantitative estimate of drug-likeness (QED) is 0.396. The number of benzene rings is 4. The minimum absolute atomic E-state index is 1.06. The van der Waals surface area contributed by atoms with Crippen molar-refractivity contribution in [2.75, 3.05) is 5.32 Å². The van der Waals surface area contributed by atoms with Gasteiger partial charge in [0.2, 0.25) is 0 Å². The van der Waals surface area contributed by atoms with Crippen molar-refractivity contribution in [1.29, 1.82) is 0 Å². The summed E-state index contributed by atoms with van der Waals surface area (Å²) in [6.07, 6.45) is 1.85. The number of anilines is 2. The Labute approximate surface area is 160 Å². The minimum atomic E-state index is 1.06. The number of nitrogens with one attached hydrogen (secondary N) is 1. The smallest absolute Gasteiger partial charge is 0.0396 e. The van der Waals surface area contributed by atoms with Gasteiger partial charge in [0.15, 0.2) is 0 Å². The van der Waals surface area contributed by atoms with Gasteiger partial charge in [-0.05, 0) is 58.1 Å². The molecule has 0 atom stereocenters. The van der Waals surface area contributed by atoms with Crippen molar-refractivity contribution in [2.24, 2.45) is 0 Å². The lowest BCUT2D eigenvalue weighted by Crippen LogP contribution is -1.92. The lowest BCUT2D eigenvalue weighted by molar-refractivity contribution is 1.52. The molecule has 0 amide bonds. The molecule has 0 unspecified atom stereocenters. The van der Waals surface area contributed by atoms with E-state index in [9.17, 15) is 0 Å². The van der Waals surface area contributed by atoms with E-state index in [1.165, 1.54) is 22.3 Å². The van der Waals surface area contributed by atoms with Crippen LogP contribution in [0.2, 0.25) is 0 Å². The Morgan fingerprint density at radius 2 is 1.04 bits per heavy atom. The van der Waals surface area contributed by atoms with Gasteiger partial charge in [-0.15, -0.1) is 0 Å². The first kappa shape index (κ1) is 16.9. The Balaban J connectivity index is 1.76. The van der Waals surface area contributed by atoms with E-state index in [0.717, 1.165) is 16.9 Å². The van der Waals surface area contributed by atoms with Gasteiger partial charge in [0.25, 0.3) is 0 Å². The third-order valence-electron chi connectivity index (χ3n) is 4.58. The lowest BCUT2D eigenvalue weighted by atomic mass is 9.98. The summed E-state index contributed by atoms with van der Waals surface area (Å²) in [5, 5.41) is 3.54. The molecule has 0 saturated heterocycles. The topological polar surface area (TPSA) is 12.0 Å². The first-order valence-electron chi connectivity index (χ1n) is 9.07. The second-order valence-electron chi connectivity index (χ2n) is 6.48. The SMILES string of the molecule is C=Cc1ccc(Nc2cc(-c3ccccc3)cc(-c3ccccc3)c2)cc1. The fourth-order valence-corrected chi connectivity index (χ4v) is 3.16. The number of hydrogen-bond acceptors (Lipinski definition) is 1. The Hall–Kier alpha value is -3.58. The normalized spacial score (nSPS) is 10.4. The second-order valence-corrected chi connectivity index (χ2v) is 6.48. The van der Waals surface area contributed by atoms with Crippen LogP contribution in [0.1, 0.15) is 5.56 Å². The van der Waals surface area contributed by atoms with Crippen molar-refractivity contribution in [3.8, 4) is 22.3 Å². The summed E-state index contributed by atoms with van der Waals surface area (Å²) < 4.78 is 0. The highest BCUT2D eigenvalue weighted by Crippen LogP contribution is 2.31. The van der Waals surface area contributed by atoms with Gasteiger partial charge in [-0.3, -0.25) is 0 Å². The largest absolute Gasteiger partial charge is 0.355 e. The van der Waals surface area contributed by atoms with Crippen molar-refractivity contribution >= 4 is 17.5 Å². The molecular formula is C26H21N. The van der Waals surface area contributed by atoms with Crippen molar-refractivity contribution < 1.29 is 0 Å². The van der Waals surface area contributed by atoms with Gasteiger partial charge >= 0.3 is 0 Å². The van der Waals surface area contributed by atoms with E-state index in [4.69, 9.17) is 0 Å². The molecule has 0 aromatic heterocycles. The molecule has 4 aromatic carbocycles. The van der Waals surface area contributed by atoms with Crippen LogP contribution in [0.4, 0.5) is 11.4 Å². The van der Waals surface area contributed by atoms with E-state index < -0.39 is 0 Å².